The highest BCUT2D eigenvalue weighted by Gasteiger charge is 2.35. The van der Waals surface area contributed by atoms with Crippen LogP contribution in [0.5, 0.6) is 0 Å². The second-order valence-corrected chi connectivity index (χ2v) is 18.5. The number of nitrogens with zero attached hydrogens (tertiary/aromatic N) is 2. The molecule has 13 rings (SSSR count). The zero-order chi connectivity index (χ0) is 44.6. The van der Waals surface area contributed by atoms with Gasteiger partial charge >= 0.3 is 0 Å². The van der Waals surface area contributed by atoms with Gasteiger partial charge in [-0.15, -0.1) is 0 Å². The Balaban J connectivity index is 0.892. The van der Waals surface area contributed by atoms with Crippen LogP contribution >= 0.6 is 0 Å². The van der Waals surface area contributed by atoms with Crippen molar-refractivity contribution in [1.82, 2.24) is 4.57 Å². The third-order valence-corrected chi connectivity index (χ3v) is 14.4. The van der Waals surface area contributed by atoms with E-state index in [0.717, 1.165) is 17.1 Å². The van der Waals surface area contributed by atoms with Crippen molar-refractivity contribution in [3.8, 4) is 50.2 Å². The molecule has 1 heterocycles. The lowest BCUT2D eigenvalue weighted by Gasteiger charge is -2.28. The Labute approximate surface area is 391 Å². The number of rotatable bonds is 7. The Hall–Kier alpha value is -8.46. The number of hydrogen-bond donors (Lipinski definition) is 0. The summed E-state index contributed by atoms with van der Waals surface area (Å²) in [6, 6.07) is 89.4. The molecule has 316 valence electrons. The molecule has 0 spiro atoms. The summed E-state index contributed by atoms with van der Waals surface area (Å²) in [7, 11) is 0. The molecule has 67 heavy (non-hydrogen) atoms. The highest BCUT2D eigenvalue weighted by atomic mass is 15.1. The molecule has 0 saturated heterocycles. The summed E-state index contributed by atoms with van der Waals surface area (Å²) in [4.78, 5) is 2.42. The summed E-state index contributed by atoms with van der Waals surface area (Å²) in [5.41, 5.74) is 19.5. The molecule has 1 aliphatic rings. The molecule has 12 aromatic rings. The number of anilines is 3. The average molecular weight is 855 g/mol. The summed E-state index contributed by atoms with van der Waals surface area (Å²) in [6.45, 7) is 4.72. The highest BCUT2D eigenvalue weighted by molar-refractivity contribution is 6.15. The van der Waals surface area contributed by atoms with E-state index in [1.165, 1.54) is 105 Å². The third kappa shape index (κ3) is 6.32. The van der Waals surface area contributed by atoms with Crippen LogP contribution in [0.4, 0.5) is 17.1 Å². The molecule has 0 fully saturated rings. The van der Waals surface area contributed by atoms with Crippen LogP contribution in [0.15, 0.2) is 243 Å². The van der Waals surface area contributed by atoms with Gasteiger partial charge in [-0.3, -0.25) is 0 Å². The molecular formula is C65H46N2. The minimum Gasteiger partial charge on any atom is -0.310 e. The van der Waals surface area contributed by atoms with Crippen molar-refractivity contribution >= 4 is 60.4 Å². The fourth-order valence-electron chi connectivity index (χ4n) is 11.0. The van der Waals surface area contributed by atoms with E-state index in [1.807, 2.05) is 0 Å². The molecule has 2 nitrogen and oxygen atoms in total. The fraction of sp³-hybridized carbons (Fsp3) is 0.0462. The van der Waals surface area contributed by atoms with E-state index in [0.29, 0.717) is 0 Å². The van der Waals surface area contributed by atoms with E-state index in [4.69, 9.17) is 0 Å². The second-order valence-electron chi connectivity index (χ2n) is 18.5. The van der Waals surface area contributed by atoms with Crippen molar-refractivity contribution in [3.05, 3.63) is 254 Å². The summed E-state index contributed by atoms with van der Waals surface area (Å²) in [6.07, 6.45) is 0. The molecule has 0 radical (unpaired) electrons. The minimum atomic E-state index is -0.0816. The van der Waals surface area contributed by atoms with Gasteiger partial charge in [0.2, 0.25) is 0 Å². The Morgan fingerprint density at radius 3 is 1.64 bits per heavy atom. The number of hydrogen-bond acceptors (Lipinski definition) is 1. The van der Waals surface area contributed by atoms with Crippen LogP contribution in [-0.2, 0) is 5.41 Å². The Bertz CT molecular complexity index is 3870. The molecule has 1 aliphatic carbocycles. The predicted molar refractivity (Wildman–Crippen MR) is 284 cm³/mol. The first-order valence-electron chi connectivity index (χ1n) is 23.3. The molecule has 0 N–H and O–H groups in total. The molecule has 0 aliphatic heterocycles. The first-order valence-corrected chi connectivity index (χ1v) is 23.3. The van der Waals surface area contributed by atoms with Gasteiger partial charge in [-0.05, 0) is 132 Å². The quantitative estimate of drug-likeness (QED) is 0.145. The molecule has 0 saturated carbocycles. The predicted octanol–water partition coefficient (Wildman–Crippen LogP) is 17.9. The molecule has 2 heteroatoms. The van der Waals surface area contributed by atoms with Crippen molar-refractivity contribution in [3.63, 3.8) is 0 Å². The van der Waals surface area contributed by atoms with E-state index in [9.17, 15) is 0 Å². The Morgan fingerprint density at radius 1 is 0.328 bits per heavy atom. The maximum atomic E-state index is 2.47. The lowest BCUT2D eigenvalue weighted by molar-refractivity contribution is 0.660. The lowest BCUT2D eigenvalue weighted by Crippen LogP contribution is -2.15. The molecule has 0 atom stereocenters. The summed E-state index contributed by atoms with van der Waals surface area (Å²) in [5, 5.41) is 7.46. The lowest BCUT2D eigenvalue weighted by atomic mass is 9.82. The van der Waals surface area contributed by atoms with E-state index < -0.39 is 0 Å². The van der Waals surface area contributed by atoms with E-state index in [1.54, 1.807) is 0 Å². The normalized spacial score (nSPS) is 12.7. The van der Waals surface area contributed by atoms with Gasteiger partial charge in [0.25, 0.3) is 0 Å². The van der Waals surface area contributed by atoms with Crippen molar-refractivity contribution in [2.45, 2.75) is 19.3 Å². The van der Waals surface area contributed by atoms with Crippen molar-refractivity contribution in [1.29, 1.82) is 0 Å². The highest BCUT2D eigenvalue weighted by Crippen LogP contribution is 2.50. The molecule has 11 aromatic carbocycles. The number of para-hydroxylation sites is 1. The average Bonchev–Trinajstić information content (AvgIpc) is 3.84. The number of aromatic nitrogens is 1. The monoisotopic (exact) mass is 854 g/mol. The standard InChI is InChI=1S/C65H46N2/c1-65(2)60-25-12-10-22-55(60)56-38-36-52(42-61(56)65)67-62-26-13-11-24-58(62)59-37-31-48(40-64(59)67)47-19-14-18-46(39-47)45-29-34-51(35-30-45)66(50-32-27-44(28-33-50)43-15-4-3-5-16-43)63-41-49-17-6-7-20-53(49)54-21-8-9-23-57(54)63/h3-42H,1-2H3. The second kappa shape index (κ2) is 15.3. The first kappa shape index (κ1) is 39.0. The van der Waals surface area contributed by atoms with Crippen LogP contribution in [0.25, 0.3) is 93.5 Å². The summed E-state index contributed by atoms with van der Waals surface area (Å²) in [5.74, 6) is 0. The van der Waals surface area contributed by atoms with Gasteiger partial charge in [0, 0.05) is 38.6 Å². The van der Waals surface area contributed by atoms with Crippen LogP contribution in [-0.4, -0.2) is 4.57 Å². The maximum Gasteiger partial charge on any atom is 0.0547 e. The van der Waals surface area contributed by atoms with E-state index >= 15 is 0 Å². The first-order chi connectivity index (χ1) is 33.0. The minimum absolute atomic E-state index is 0.0816. The maximum absolute atomic E-state index is 2.47. The van der Waals surface area contributed by atoms with Gasteiger partial charge in [0.1, 0.15) is 0 Å². The van der Waals surface area contributed by atoms with Gasteiger partial charge < -0.3 is 9.47 Å². The zero-order valence-corrected chi connectivity index (χ0v) is 37.5. The van der Waals surface area contributed by atoms with Gasteiger partial charge in [-0.1, -0.05) is 196 Å². The topological polar surface area (TPSA) is 8.17 Å². The zero-order valence-electron chi connectivity index (χ0n) is 37.5. The fourth-order valence-corrected chi connectivity index (χ4v) is 11.0. The van der Waals surface area contributed by atoms with Crippen LogP contribution in [0, 0.1) is 0 Å². The van der Waals surface area contributed by atoms with Crippen LogP contribution in [0.1, 0.15) is 25.0 Å². The largest absolute Gasteiger partial charge is 0.310 e. The third-order valence-electron chi connectivity index (χ3n) is 14.4. The molecular weight excluding hydrogens is 809 g/mol. The smallest absolute Gasteiger partial charge is 0.0547 e. The van der Waals surface area contributed by atoms with Gasteiger partial charge in [-0.2, -0.15) is 0 Å². The van der Waals surface area contributed by atoms with Crippen LogP contribution in [0.3, 0.4) is 0 Å². The van der Waals surface area contributed by atoms with E-state index in [-0.39, 0.29) is 5.41 Å². The van der Waals surface area contributed by atoms with E-state index in [2.05, 4.69) is 266 Å². The van der Waals surface area contributed by atoms with Gasteiger partial charge in [0.15, 0.2) is 0 Å². The Kier molecular flexibility index (Phi) is 8.91. The van der Waals surface area contributed by atoms with Crippen molar-refractivity contribution in [2.24, 2.45) is 0 Å². The summed E-state index contributed by atoms with van der Waals surface area (Å²) >= 11 is 0. The van der Waals surface area contributed by atoms with Gasteiger partial charge in [-0.25, -0.2) is 0 Å². The molecule has 1 aromatic heterocycles. The van der Waals surface area contributed by atoms with Crippen molar-refractivity contribution in [2.75, 3.05) is 4.90 Å². The SMILES string of the molecule is CC1(C)c2ccccc2-c2ccc(-n3c4ccccc4c4ccc(-c5cccc(-c6ccc(N(c7ccc(-c8ccccc8)cc7)c7cc8ccccc8c8ccccc78)cc6)c5)cc43)cc21. The van der Waals surface area contributed by atoms with Gasteiger partial charge in [0.05, 0.1) is 16.7 Å². The number of benzene rings is 11. The summed E-state index contributed by atoms with van der Waals surface area (Å²) < 4.78 is 2.47. The Morgan fingerprint density at radius 2 is 0.866 bits per heavy atom. The van der Waals surface area contributed by atoms with Crippen molar-refractivity contribution < 1.29 is 0 Å². The van der Waals surface area contributed by atoms with Crippen LogP contribution < -0.4 is 4.90 Å². The molecule has 0 unspecified atom stereocenters. The number of fused-ring (bicyclic) bond motifs is 9. The van der Waals surface area contributed by atoms with Crippen LogP contribution in [0.2, 0.25) is 0 Å². The molecule has 0 bridgehead atoms. The molecule has 0 amide bonds.